The molecular formula is C16H25ClN4O4. The number of rotatable bonds is 4. The zero-order valence-electron chi connectivity index (χ0n) is 15.4. The summed E-state index contributed by atoms with van der Waals surface area (Å²) in [6.07, 6.45) is 1.10. The zero-order valence-corrected chi connectivity index (χ0v) is 16.1. The van der Waals surface area contributed by atoms with Crippen molar-refractivity contribution < 1.29 is 19.5 Å². The van der Waals surface area contributed by atoms with Crippen molar-refractivity contribution in [1.82, 2.24) is 19.8 Å². The Hall–Kier alpha value is -2.19. The first-order valence-corrected chi connectivity index (χ1v) is 8.38. The first kappa shape index (κ1) is 22.8. The van der Waals surface area contributed by atoms with Gasteiger partial charge in [0.15, 0.2) is 5.78 Å². The van der Waals surface area contributed by atoms with Crippen LogP contribution >= 0.6 is 11.6 Å². The summed E-state index contributed by atoms with van der Waals surface area (Å²) in [4.78, 5) is 40.6. The molecule has 0 amide bonds. The fourth-order valence-corrected chi connectivity index (χ4v) is 2.25. The van der Waals surface area contributed by atoms with Gasteiger partial charge in [-0.3, -0.25) is 19.0 Å². The van der Waals surface area contributed by atoms with Gasteiger partial charge in [0.05, 0.1) is 19.0 Å². The smallest absolute Gasteiger partial charge is 0.282 e. The quantitative estimate of drug-likeness (QED) is 0.775. The summed E-state index contributed by atoms with van der Waals surface area (Å²) in [5.41, 5.74) is 0.115. The van der Waals surface area contributed by atoms with E-state index in [1.54, 1.807) is 11.9 Å². The van der Waals surface area contributed by atoms with Crippen LogP contribution in [0.25, 0.3) is 0 Å². The topological polar surface area (TPSA) is 105 Å². The number of Topliss-reactive ketones (excluding diaryl/α,β-unsaturated/α-hetero) is 1. The van der Waals surface area contributed by atoms with Crippen LogP contribution in [0.1, 0.15) is 55.6 Å². The van der Waals surface area contributed by atoms with Gasteiger partial charge in [-0.2, -0.15) is 0 Å². The second-order valence-electron chi connectivity index (χ2n) is 4.46. The third kappa shape index (κ3) is 4.90. The first-order chi connectivity index (χ1) is 11.9. The summed E-state index contributed by atoms with van der Waals surface area (Å²) in [6.45, 7) is 9.06. The summed E-state index contributed by atoms with van der Waals surface area (Å²) < 4.78 is 1.01. The Labute approximate surface area is 152 Å². The highest BCUT2D eigenvalue weighted by Gasteiger charge is 2.30. The molecule has 0 saturated carbocycles. The van der Waals surface area contributed by atoms with Crippen LogP contribution in [0.3, 0.4) is 0 Å². The fourth-order valence-electron chi connectivity index (χ4n) is 2.09. The Morgan fingerprint density at radius 2 is 1.84 bits per heavy atom. The van der Waals surface area contributed by atoms with E-state index in [1.165, 1.54) is 6.92 Å². The number of likely N-dealkylation sites (N-methyl/N-ethyl adjacent to an activating group) is 1. The van der Waals surface area contributed by atoms with Crippen LogP contribution in [0, 0.1) is 0 Å². The molecule has 1 aromatic rings. The van der Waals surface area contributed by atoms with E-state index in [1.807, 2.05) is 27.7 Å². The van der Waals surface area contributed by atoms with Crippen molar-refractivity contribution in [3.63, 3.8) is 0 Å². The highest BCUT2D eigenvalue weighted by molar-refractivity contribution is 6.67. The maximum absolute atomic E-state index is 12.6. The molecule has 1 aromatic heterocycles. The minimum Gasteiger partial charge on any atom is -0.390 e. The maximum Gasteiger partial charge on any atom is 0.282 e. The summed E-state index contributed by atoms with van der Waals surface area (Å²) in [5, 5.41) is 11.3. The second kappa shape index (κ2) is 10.6. The van der Waals surface area contributed by atoms with Crippen LogP contribution in [0.4, 0.5) is 0 Å². The number of hydrogen-bond acceptors (Lipinski definition) is 7. The monoisotopic (exact) mass is 372 g/mol. The molecule has 25 heavy (non-hydrogen) atoms. The van der Waals surface area contributed by atoms with Crippen molar-refractivity contribution in [1.29, 1.82) is 0 Å². The standard InChI is InChI=1S/C12H13ClN4O4.2C2H6/c1-6(19)8-10(16(2)4-14-8)12(21)17-5-15-9(11(13)20)7(17)3-18;2*1-2/h5,14,18H,3-4H2,1-2H3;2*1-2H3. The SMILES string of the molecule is CC.CC.CC(=O)C1=C(C(=O)n2cnc(C(=O)Cl)c2CO)N(C)CN1. The molecule has 0 fully saturated rings. The van der Waals surface area contributed by atoms with Gasteiger partial charge in [0.25, 0.3) is 11.1 Å². The van der Waals surface area contributed by atoms with Gasteiger partial charge >= 0.3 is 0 Å². The van der Waals surface area contributed by atoms with Gasteiger partial charge in [-0.15, -0.1) is 0 Å². The highest BCUT2D eigenvalue weighted by Crippen LogP contribution is 2.19. The molecule has 0 saturated heterocycles. The summed E-state index contributed by atoms with van der Waals surface area (Å²) in [6, 6.07) is 0. The lowest BCUT2D eigenvalue weighted by Gasteiger charge is -2.15. The molecule has 9 heteroatoms. The van der Waals surface area contributed by atoms with Gasteiger partial charge in [0.1, 0.15) is 23.4 Å². The number of nitrogens with one attached hydrogen (secondary N) is 1. The minimum atomic E-state index is -0.871. The normalized spacial score (nSPS) is 12.6. The number of carbonyl (C=O) groups is 3. The number of nitrogens with zero attached hydrogens (tertiary/aromatic N) is 3. The number of halogens is 1. The van der Waals surface area contributed by atoms with Gasteiger partial charge in [-0.05, 0) is 11.6 Å². The Balaban J connectivity index is 0.00000134. The molecule has 0 unspecified atom stereocenters. The van der Waals surface area contributed by atoms with Crippen molar-refractivity contribution in [3.05, 3.63) is 29.1 Å². The van der Waals surface area contributed by atoms with Crippen LogP contribution < -0.4 is 5.32 Å². The summed E-state index contributed by atoms with van der Waals surface area (Å²) in [5.74, 6) is -0.865. The van der Waals surface area contributed by atoms with E-state index >= 15 is 0 Å². The molecule has 2 N–H and O–H groups in total. The molecule has 0 aliphatic carbocycles. The predicted octanol–water partition coefficient (Wildman–Crippen LogP) is 1.74. The van der Waals surface area contributed by atoms with Crippen molar-refractivity contribution in [2.75, 3.05) is 13.7 Å². The van der Waals surface area contributed by atoms with E-state index in [0.29, 0.717) is 6.67 Å². The van der Waals surface area contributed by atoms with Crippen LogP contribution in [-0.4, -0.2) is 50.2 Å². The predicted molar refractivity (Wildman–Crippen MR) is 95.1 cm³/mol. The number of ketones is 1. The number of aromatic nitrogens is 2. The molecule has 8 nitrogen and oxygen atoms in total. The lowest BCUT2D eigenvalue weighted by molar-refractivity contribution is -0.113. The Bertz CT molecular complexity index is 667. The molecule has 0 aromatic carbocycles. The average molecular weight is 373 g/mol. The van der Waals surface area contributed by atoms with Crippen molar-refractivity contribution in [2.45, 2.75) is 41.2 Å². The van der Waals surface area contributed by atoms with Gasteiger partial charge < -0.3 is 15.3 Å². The molecule has 0 bridgehead atoms. The third-order valence-electron chi connectivity index (χ3n) is 3.09. The summed E-state index contributed by atoms with van der Waals surface area (Å²) in [7, 11) is 1.64. The van der Waals surface area contributed by atoms with Crippen molar-refractivity contribution >= 4 is 28.5 Å². The molecular weight excluding hydrogens is 348 g/mol. The number of allylic oxidation sites excluding steroid dienone is 2. The molecule has 0 radical (unpaired) electrons. The Morgan fingerprint density at radius 1 is 1.28 bits per heavy atom. The van der Waals surface area contributed by atoms with E-state index in [0.717, 1.165) is 10.9 Å². The molecule has 2 heterocycles. The van der Waals surface area contributed by atoms with Crippen molar-refractivity contribution in [2.24, 2.45) is 0 Å². The van der Waals surface area contributed by atoms with Crippen LogP contribution in [0.2, 0.25) is 0 Å². The van der Waals surface area contributed by atoms with Gasteiger partial charge in [0.2, 0.25) is 0 Å². The Kier molecular flexibility index (Phi) is 9.70. The zero-order chi connectivity index (χ0) is 19.7. The third-order valence-corrected chi connectivity index (χ3v) is 3.27. The van der Waals surface area contributed by atoms with Crippen LogP contribution in [0.15, 0.2) is 17.7 Å². The van der Waals surface area contributed by atoms with Gasteiger partial charge in [-0.1, -0.05) is 27.7 Å². The minimum absolute atomic E-state index is 0.0179. The average Bonchev–Trinajstić information content (AvgIpc) is 3.21. The number of aliphatic hydroxyl groups excluding tert-OH is 1. The van der Waals surface area contributed by atoms with E-state index in [2.05, 4.69) is 10.3 Å². The lowest BCUT2D eigenvalue weighted by atomic mass is 10.2. The molecule has 0 spiro atoms. The maximum atomic E-state index is 12.6. The van der Waals surface area contributed by atoms with E-state index in [-0.39, 0.29) is 28.6 Å². The van der Waals surface area contributed by atoms with Crippen LogP contribution in [-0.2, 0) is 11.4 Å². The van der Waals surface area contributed by atoms with Gasteiger partial charge in [0, 0.05) is 14.0 Å². The summed E-state index contributed by atoms with van der Waals surface area (Å²) >= 11 is 5.35. The fraction of sp³-hybridized carbons (Fsp3) is 0.500. The lowest BCUT2D eigenvalue weighted by Crippen LogP contribution is -2.26. The largest absolute Gasteiger partial charge is 0.390 e. The number of aliphatic hydroxyl groups is 1. The second-order valence-corrected chi connectivity index (χ2v) is 4.80. The molecule has 1 aliphatic heterocycles. The number of carbonyl (C=O) groups excluding carboxylic acids is 3. The first-order valence-electron chi connectivity index (χ1n) is 8.00. The number of hydrogen-bond donors (Lipinski definition) is 2. The Morgan fingerprint density at radius 3 is 2.28 bits per heavy atom. The molecule has 1 aliphatic rings. The van der Waals surface area contributed by atoms with E-state index in [9.17, 15) is 19.5 Å². The van der Waals surface area contributed by atoms with Gasteiger partial charge in [-0.25, -0.2) is 4.98 Å². The van der Waals surface area contributed by atoms with Crippen LogP contribution in [0.5, 0.6) is 0 Å². The van der Waals surface area contributed by atoms with E-state index in [4.69, 9.17) is 11.6 Å². The molecule has 140 valence electrons. The van der Waals surface area contributed by atoms with E-state index < -0.39 is 17.8 Å². The molecule has 2 rings (SSSR count). The molecule has 0 atom stereocenters. The highest BCUT2D eigenvalue weighted by atomic mass is 35.5. The number of imidazole rings is 1. The van der Waals surface area contributed by atoms with Crippen molar-refractivity contribution in [3.8, 4) is 0 Å².